The van der Waals surface area contributed by atoms with Gasteiger partial charge in [0.2, 0.25) is 0 Å². The lowest BCUT2D eigenvalue weighted by atomic mass is 10.1. The molecule has 0 radical (unpaired) electrons. The highest BCUT2D eigenvalue weighted by Gasteiger charge is 2.10. The van der Waals surface area contributed by atoms with E-state index < -0.39 is 0 Å². The predicted octanol–water partition coefficient (Wildman–Crippen LogP) is 3.67. The highest BCUT2D eigenvalue weighted by atomic mass is 16.5. The second kappa shape index (κ2) is 7.33. The van der Waals surface area contributed by atoms with Crippen molar-refractivity contribution >= 4 is 0 Å². The van der Waals surface area contributed by atoms with Gasteiger partial charge >= 0.3 is 0 Å². The summed E-state index contributed by atoms with van der Waals surface area (Å²) in [7, 11) is 3.28. The summed E-state index contributed by atoms with van der Waals surface area (Å²) >= 11 is 0. The van der Waals surface area contributed by atoms with Gasteiger partial charge in [-0.2, -0.15) is 0 Å². The SMILES string of the molecule is COc1ccc(-c2cn(Cc3cc(-c4ccc(OC)cc4)no3)nn2)cc1. The largest absolute Gasteiger partial charge is 0.497 e. The third-order valence-electron chi connectivity index (χ3n) is 4.19. The lowest BCUT2D eigenvalue weighted by molar-refractivity contribution is 0.371. The van der Waals surface area contributed by atoms with Crippen LogP contribution in [0.15, 0.2) is 65.3 Å². The fraction of sp³-hybridized carbons (Fsp3) is 0.150. The minimum Gasteiger partial charge on any atom is -0.497 e. The maximum absolute atomic E-state index is 5.44. The number of nitrogens with zero attached hydrogens (tertiary/aromatic N) is 4. The molecule has 0 atom stereocenters. The maximum Gasteiger partial charge on any atom is 0.158 e. The van der Waals surface area contributed by atoms with Gasteiger partial charge in [0.25, 0.3) is 0 Å². The minimum atomic E-state index is 0.451. The van der Waals surface area contributed by atoms with E-state index in [0.29, 0.717) is 12.3 Å². The molecular weight excluding hydrogens is 344 g/mol. The van der Waals surface area contributed by atoms with E-state index in [1.165, 1.54) is 0 Å². The van der Waals surface area contributed by atoms with Gasteiger partial charge < -0.3 is 14.0 Å². The van der Waals surface area contributed by atoms with Crippen molar-refractivity contribution in [3.8, 4) is 34.0 Å². The van der Waals surface area contributed by atoms with Crippen molar-refractivity contribution in [2.24, 2.45) is 0 Å². The molecule has 0 amide bonds. The van der Waals surface area contributed by atoms with Gasteiger partial charge in [0.1, 0.15) is 29.4 Å². The fourth-order valence-electron chi connectivity index (χ4n) is 2.71. The molecule has 2 aromatic heterocycles. The number of hydrogen-bond donors (Lipinski definition) is 0. The number of aromatic nitrogens is 4. The molecular formula is C20H18N4O3. The Labute approximate surface area is 156 Å². The first kappa shape index (κ1) is 16.8. The van der Waals surface area contributed by atoms with Crippen LogP contribution >= 0.6 is 0 Å². The standard InChI is InChI=1S/C20H18N4O3/c1-25-16-7-3-14(4-8-16)19-11-18(27-22-19)12-24-13-20(21-23-24)15-5-9-17(26-2)10-6-15/h3-11,13H,12H2,1-2H3. The zero-order chi connectivity index (χ0) is 18.6. The maximum atomic E-state index is 5.44. The van der Waals surface area contributed by atoms with Crippen LogP contribution in [0.4, 0.5) is 0 Å². The van der Waals surface area contributed by atoms with E-state index in [1.807, 2.05) is 60.8 Å². The number of methoxy groups -OCH3 is 2. The van der Waals surface area contributed by atoms with Crippen LogP contribution in [-0.4, -0.2) is 34.4 Å². The Kier molecular flexibility index (Phi) is 4.57. The summed E-state index contributed by atoms with van der Waals surface area (Å²) < 4.78 is 17.5. The Morgan fingerprint density at radius 2 is 1.44 bits per heavy atom. The highest BCUT2D eigenvalue weighted by molar-refractivity contribution is 5.60. The van der Waals surface area contributed by atoms with Crippen LogP contribution in [0.25, 0.3) is 22.5 Å². The van der Waals surface area contributed by atoms with Gasteiger partial charge in [-0.05, 0) is 48.5 Å². The minimum absolute atomic E-state index is 0.451. The Morgan fingerprint density at radius 1 is 0.852 bits per heavy atom. The number of benzene rings is 2. The summed E-state index contributed by atoms with van der Waals surface area (Å²) in [4.78, 5) is 0. The molecule has 7 heteroatoms. The summed E-state index contributed by atoms with van der Waals surface area (Å²) in [6.45, 7) is 0.451. The van der Waals surface area contributed by atoms with E-state index in [4.69, 9.17) is 14.0 Å². The average Bonchev–Trinajstić information content (AvgIpc) is 3.38. The summed E-state index contributed by atoms with van der Waals surface area (Å²) in [5.41, 5.74) is 3.48. The first-order chi connectivity index (χ1) is 13.2. The third kappa shape index (κ3) is 3.67. The topological polar surface area (TPSA) is 75.2 Å². The van der Waals surface area contributed by atoms with Crippen molar-refractivity contribution in [1.82, 2.24) is 20.2 Å². The summed E-state index contributed by atoms with van der Waals surface area (Å²) in [6, 6.07) is 17.3. The van der Waals surface area contributed by atoms with Gasteiger partial charge in [-0.1, -0.05) is 10.4 Å². The summed E-state index contributed by atoms with van der Waals surface area (Å²) in [5.74, 6) is 2.31. The summed E-state index contributed by atoms with van der Waals surface area (Å²) in [5, 5.41) is 12.5. The molecule has 0 aliphatic rings. The molecule has 7 nitrogen and oxygen atoms in total. The molecule has 0 unspecified atom stereocenters. The molecule has 0 bridgehead atoms. The Bertz CT molecular complexity index is 936. The Hall–Kier alpha value is -3.61. The predicted molar refractivity (Wildman–Crippen MR) is 99.6 cm³/mol. The normalized spacial score (nSPS) is 10.7. The molecule has 0 saturated heterocycles. The number of rotatable bonds is 6. The van der Waals surface area contributed by atoms with E-state index in [-0.39, 0.29) is 0 Å². The molecule has 4 rings (SSSR count). The highest BCUT2D eigenvalue weighted by Crippen LogP contribution is 2.23. The molecule has 0 aliphatic heterocycles. The lowest BCUT2D eigenvalue weighted by Crippen LogP contribution is -1.98. The van der Waals surface area contributed by atoms with Gasteiger partial charge in [-0.15, -0.1) is 5.10 Å². The monoisotopic (exact) mass is 362 g/mol. The molecule has 27 heavy (non-hydrogen) atoms. The van der Waals surface area contributed by atoms with Crippen LogP contribution in [0.2, 0.25) is 0 Å². The molecule has 0 aliphatic carbocycles. The van der Waals surface area contributed by atoms with Crippen molar-refractivity contribution in [1.29, 1.82) is 0 Å². The van der Waals surface area contributed by atoms with E-state index in [0.717, 1.165) is 34.0 Å². The zero-order valence-corrected chi connectivity index (χ0v) is 15.0. The van der Waals surface area contributed by atoms with Gasteiger partial charge in [0.05, 0.1) is 20.4 Å². The molecule has 0 fully saturated rings. The van der Waals surface area contributed by atoms with Crippen LogP contribution in [0.1, 0.15) is 5.76 Å². The number of ether oxygens (including phenoxy) is 2. The van der Waals surface area contributed by atoms with Crippen LogP contribution in [-0.2, 0) is 6.54 Å². The fourth-order valence-corrected chi connectivity index (χ4v) is 2.71. The van der Waals surface area contributed by atoms with E-state index in [9.17, 15) is 0 Å². The van der Waals surface area contributed by atoms with Crippen LogP contribution in [0, 0.1) is 0 Å². The van der Waals surface area contributed by atoms with E-state index in [1.54, 1.807) is 18.9 Å². The molecule has 4 aromatic rings. The van der Waals surface area contributed by atoms with Crippen LogP contribution < -0.4 is 9.47 Å². The van der Waals surface area contributed by atoms with Crippen LogP contribution in [0.5, 0.6) is 11.5 Å². The zero-order valence-electron chi connectivity index (χ0n) is 15.0. The average molecular weight is 362 g/mol. The molecule has 2 heterocycles. The van der Waals surface area contributed by atoms with Gasteiger partial charge in [-0.3, -0.25) is 0 Å². The van der Waals surface area contributed by atoms with Crippen molar-refractivity contribution in [3.63, 3.8) is 0 Å². The molecule has 0 saturated carbocycles. The van der Waals surface area contributed by atoms with Crippen molar-refractivity contribution in [2.45, 2.75) is 6.54 Å². The first-order valence-electron chi connectivity index (χ1n) is 8.40. The third-order valence-corrected chi connectivity index (χ3v) is 4.19. The second-order valence-corrected chi connectivity index (χ2v) is 5.94. The second-order valence-electron chi connectivity index (χ2n) is 5.94. The van der Waals surface area contributed by atoms with Gasteiger partial charge in [0, 0.05) is 17.2 Å². The van der Waals surface area contributed by atoms with Gasteiger partial charge in [0.15, 0.2) is 5.76 Å². The quantitative estimate of drug-likeness (QED) is 0.521. The molecule has 0 spiro atoms. The van der Waals surface area contributed by atoms with Crippen molar-refractivity contribution in [2.75, 3.05) is 14.2 Å². The van der Waals surface area contributed by atoms with E-state index in [2.05, 4.69) is 15.5 Å². The van der Waals surface area contributed by atoms with Gasteiger partial charge in [-0.25, -0.2) is 4.68 Å². The molecule has 2 aromatic carbocycles. The summed E-state index contributed by atoms with van der Waals surface area (Å²) in [6.07, 6.45) is 1.87. The van der Waals surface area contributed by atoms with E-state index >= 15 is 0 Å². The molecule has 0 N–H and O–H groups in total. The van der Waals surface area contributed by atoms with Crippen molar-refractivity contribution < 1.29 is 14.0 Å². The smallest absolute Gasteiger partial charge is 0.158 e. The lowest BCUT2D eigenvalue weighted by Gasteiger charge is -2.00. The first-order valence-corrected chi connectivity index (χ1v) is 8.40. The number of hydrogen-bond acceptors (Lipinski definition) is 6. The Morgan fingerprint density at radius 3 is 2.04 bits per heavy atom. The molecule has 136 valence electrons. The van der Waals surface area contributed by atoms with Crippen LogP contribution in [0.3, 0.4) is 0 Å². The van der Waals surface area contributed by atoms with Crippen molar-refractivity contribution in [3.05, 3.63) is 66.6 Å². The Balaban J connectivity index is 1.48.